The van der Waals surface area contributed by atoms with Crippen LogP contribution in [-0.2, 0) is 10.0 Å². The summed E-state index contributed by atoms with van der Waals surface area (Å²) in [5, 5.41) is 3.10. The molecule has 0 aromatic heterocycles. The molecule has 6 heteroatoms. The van der Waals surface area contributed by atoms with Gasteiger partial charge in [-0.05, 0) is 68.5 Å². The van der Waals surface area contributed by atoms with Crippen LogP contribution in [0.25, 0.3) is 0 Å². The molecule has 1 saturated heterocycles. The van der Waals surface area contributed by atoms with Crippen molar-refractivity contribution in [1.29, 1.82) is 0 Å². The van der Waals surface area contributed by atoms with E-state index in [1.165, 1.54) is 9.87 Å². The summed E-state index contributed by atoms with van der Waals surface area (Å²) in [5.74, 6) is 0.0310. The molecule has 0 unspecified atom stereocenters. The van der Waals surface area contributed by atoms with E-state index in [0.29, 0.717) is 24.2 Å². The topological polar surface area (TPSA) is 66.5 Å². The number of carbonyl (C=O) groups excluding carboxylic acids is 1. The molecule has 0 spiro atoms. The van der Waals surface area contributed by atoms with Crippen LogP contribution in [-0.4, -0.2) is 26.6 Å². The quantitative estimate of drug-likeness (QED) is 0.821. The molecule has 1 aliphatic rings. The molecule has 5 nitrogen and oxygen atoms in total. The Morgan fingerprint density at radius 1 is 1.11 bits per heavy atom. The number of nitrogens with zero attached hydrogens (tertiary/aromatic N) is 1. The van der Waals surface area contributed by atoms with E-state index in [2.05, 4.69) is 44.3 Å². The standard InChI is InChI=1S/C22H28N2O3S/c1-4-21(20-12-7-16(2)15-17(20)3)23-22(25)18-8-10-19(11-9-18)24-13-5-6-14-28(24,26)27/h7-12,15,21H,4-6,13-14H2,1-3H3,(H,23,25)/t21-/m0/s1. The molecular weight excluding hydrogens is 372 g/mol. The average Bonchev–Trinajstić information content (AvgIpc) is 2.66. The summed E-state index contributed by atoms with van der Waals surface area (Å²) in [6.07, 6.45) is 2.35. The first kappa shape index (κ1) is 20.4. The minimum absolute atomic E-state index is 0.0600. The molecule has 1 aliphatic heterocycles. The molecule has 150 valence electrons. The number of rotatable bonds is 5. The second-order valence-electron chi connectivity index (χ2n) is 7.44. The lowest BCUT2D eigenvalue weighted by Gasteiger charge is -2.28. The molecule has 2 aromatic rings. The molecule has 0 bridgehead atoms. The molecule has 0 radical (unpaired) electrons. The van der Waals surface area contributed by atoms with Gasteiger partial charge in [0.1, 0.15) is 0 Å². The number of hydrogen-bond acceptors (Lipinski definition) is 3. The van der Waals surface area contributed by atoms with Gasteiger partial charge in [-0.2, -0.15) is 0 Å². The van der Waals surface area contributed by atoms with Gasteiger partial charge in [0.2, 0.25) is 10.0 Å². The van der Waals surface area contributed by atoms with Crippen molar-refractivity contribution in [2.24, 2.45) is 0 Å². The van der Waals surface area contributed by atoms with Crippen molar-refractivity contribution in [3.63, 3.8) is 0 Å². The average molecular weight is 401 g/mol. The van der Waals surface area contributed by atoms with E-state index in [1.54, 1.807) is 24.3 Å². The van der Waals surface area contributed by atoms with Crippen LogP contribution in [0.15, 0.2) is 42.5 Å². The number of sulfonamides is 1. The summed E-state index contributed by atoms with van der Waals surface area (Å²) in [7, 11) is -3.24. The first-order valence-electron chi connectivity index (χ1n) is 9.80. The zero-order valence-electron chi connectivity index (χ0n) is 16.7. The third-order valence-electron chi connectivity index (χ3n) is 5.28. The molecule has 1 atom stereocenters. The van der Waals surface area contributed by atoms with E-state index < -0.39 is 10.0 Å². The number of hydrogen-bond donors (Lipinski definition) is 1. The molecule has 3 rings (SSSR count). The van der Waals surface area contributed by atoms with Crippen LogP contribution in [0, 0.1) is 13.8 Å². The zero-order valence-corrected chi connectivity index (χ0v) is 17.6. The minimum atomic E-state index is -3.24. The monoisotopic (exact) mass is 400 g/mol. The fraction of sp³-hybridized carbons (Fsp3) is 0.409. The van der Waals surface area contributed by atoms with Crippen LogP contribution in [0.5, 0.6) is 0 Å². The van der Waals surface area contributed by atoms with Crippen molar-refractivity contribution >= 4 is 21.6 Å². The third kappa shape index (κ3) is 4.38. The van der Waals surface area contributed by atoms with E-state index >= 15 is 0 Å². The Hall–Kier alpha value is -2.34. The maximum absolute atomic E-state index is 12.7. The number of benzene rings is 2. The minimum Gasteiger partial charge on any atom is -0.345 e. The number of aryl methyl sites for hydroxylation is 2. The summed E-state index contributed by atoms with van der Waals surface area (Å²) in [6.45, 7) is 6.67. The molecule has 0 aliphatic carbocycles. The molecule has 1 N–H and O–H groups in total. The van der Waals surface area contributed by atoms with Crippen molar-refractivity contribution < 1.29 is 13.2 Å². The summed E-state index contributed by atoms with van der Waals surface area (Å²) < 4.78 is 25.9. The molecule has 1 fully saturated rings. The Labute approximate surface area is 167 Å². The highest BCUT2D eigenvalue weighted by Crippen LogP contribution is 2.25. The van der Waals surface area contributed by atoms with E-state index in [4.69, 9.17) is 0 Å². The number of nitrogens with one attached hydrogen (secondary N) is 1. The van der Waals surface area contributed by atoms with Crippen LogP contribution in [0.3, 0.4) is 0 Å². The van der Waals surface area contributed by atoms with Gasteiger partial charge in [-0.3, -0.25) is 9.10 Å². The summed E-state index contributed by atoms with van der Waals surface area (Å²) in [5.41, 5.74) is 4.64. The lowest BCUT2D eigenvalue weighted by molar-refractivity contribution is 0.0935. The Kier molecular flexibility index (Phi) is 6.08. The fourth-order valence-corrected chi connectivity index (χ4v) is 5.36. The van der Waals surface area contributed by atoms with Gasteiger partial charge in [0.25, 0.3) is 5.91 Å². The van der Waals surface area contributed by atoms with Gasteiger partial charge in [-0.1, -0.05) is 30.7 Å². The Morgan fingerprint density at radius 2 is 1.82 bits per heavy atom. The first-order valence-corrected chi connectivity index (χ1v) is 11.4. The van der Waals surface area contributed by atoms with Crippen molar-refractivity contribution in [2.45, 2.75) is 46.1 Å². The van der Waals surface area contributed by atoms with Crippen LogP contribution in [0.4, 0.5) is 5.69 Å². The Morgan fingerprint density at radius 3 is 2.43 bits per heavy atom. The van der Waals surface area contributed by atoms with Crippen LogP contribution in [0.2, 0.25) is 0 Å². The van der Waals surface area contributed by atoms with Crippen molar-refractivity contribution in [1.82, 2.24) is 5.32 Å². The first-order chi connectivity index (χ1) is 13.3. The maximum Gasteiger partial charge on any atom is 0.251 e. The maximum atomic E-state index is 12.7. The number of carbonyl (C=O) groups is 1. The largest absolute Gasteiger partial charge is 0.345 e. The van der Waals surface area contributed by atoms with Gasteiger partial charge >= 0.3 is 0 Å². The smallest absolute Gasteiger partial charge is 0.251 e. The predicted molar refractivity (Wildman–Crippen MR) is 113 cm³/mol. The Bertz CT molecular complexity index is 952. The van der Waals surface area contributed by atoms with Gasteiger partial charge < -0.3 is 5.32 Å². The molecule has 2 aromatic carbocycles. The van der Waals surface area contributed by atoms with E-state index in [-0.39, 0.29) is 17.7 Å². The van der Waals surface area contributed by atoms with Gasteiger partial charge in [0, 0.05) is 12.1 Å². The molecular formula is C22H28N2O3S. The highest BCUT2D eigenvalue weighted by molar-refractivity contribution is 7.92. The van der Waals surface area contributed by atoms with Gasteiger partial charge in [0.05, 0.1) is 17.5 Å². The Balaban J connectivity index is 1.75. The second kappa shape index (κ2) is 8.35. The van der Waals surface area contributed by atoms with Crippen LogP contribution >= 0.6 is 0 Å². The van der Waals surface area contributed by atoms with Crippen molar-refractivity contribution in [3.8, 4) is 0 Å². The molecule has 0 saturated carbocycles. The van der Waals surface area contributed by atoms with Gasteiger partial charge in [0.15, 0.2) is 0 Å². The van der Waals surface area contributed by atoms with Gasteiger partial charge in [-0.15, -0.1) is 0 Å². The highest BCUT2D eigenvalue weighted by Gasteiger charge is 2.26. The van der Waals surface area contributed by atoms with Crippen LogP contribution < -0.4 is 9.62 Å². The van der Waals surface area contributed by atoms with E-state index in [1.807, 2.05) is 0 Å². The number of amides is 1. The van der Waals surface area contributed by atoms with E-state index in [9.17, 15) is 13.2 Å². The second-order valence-corrected chi connectivity index (χ2v) is 9.45. The molecule has 28 heavy (non-hydrogen) atoms. The van der Waals surface area contributed by atoms with E-state index in [0.717, 1.165) is 24.0 Å². The lowest BCUT2D eigenvalue weighted by Crippen LogP contribution is -2.37. The number of anilines is 1. The SMILES string of the molecule is CC[C@H](NC(=O)c1ccc(N2CCCCS2(=O)=O)cc1)c1ccc(C)cc1C. The fourth-order valence-electron chi connectivity index (χ4n) is 3.72. The predicted octanol–water partition coefficient (Wildman–Crippen LogP) is 4.11. The van der Waals surface area contributed by atoms with Crippen LogP contribution in [0.1, 0.15) is 59.3 Å². The zero-order chi connectivity index (χ0) is 20.3. The van der Waals surface area contributed by atoms with Gasteiger partial charge in [-0.25, -0.2) is 8.42 Å². The lowest BCUT2D eigenvalue weighted by atomic mass is 9.97. The summed E-state index contributed by atoms with van der Waals surface area (Å²) in [6, 6.07) is 13.0. The van der Waals surface area contributed by atoms with Crippen molar-refractivity contribution in [2.75, 3.05) is 16.6 Å². The third-order valence-corrected chi connectivity index (χ3v) is 7.15. The van der Waals surface area contributed by atoms with Crippen molar-refractivity contribution in [3.05, 3.63) is 64.7 Å². The molecule has 1 heterocycles. The normalized spacial score (nSPS) is 17.2. The highest BCUT2D eigenvalue weighted by atomic mass is 32.2. The summed E-state index contributed by atoms with van der Waals surface area (Å²) >= 11 is 0. The summed E-state index contributed by atoms with van der Waals surface area (Å²) in [4.78, 5) is 12.7. The molecule has 1 amide bonds.